The summed E-state index contributed by atoms with van der Waals surface area (Å²) >= 11 is 0. The summed E-state index contributed by atoms with van der Waals surface area (Å²) in [5, 5.41) is 3.94. The second-order valence-corrected chi connectivity index (χ2v) is 3.90. The maximum Gasteiger partial charge on any atom is 0.252 e. The topological polar surface area (TPSA) is 70.1 Å². The van der Waals surface area contributed by atoms with E-state index in [1.54, 1.807) is 19.2 Å². The monoisotopic (exact) mass is 254 g/mol. The molecule has 1 aromatic carbocycles. The fourth-order valence-corrected chi connectivity index (χ4v) is 1.49. The molecule has 5 nitrogen and oxygen atoms in total. The molecule has 0 bridgehead atoms. The standard InChI is InChI=1S/C14H14N4O/c1-11-10-13(19)17-14(16-11)18-15-9-5-8-12-6-3-2-4-7-12/h2-10H,1H3,(H2,16,17,18,19)/b8-5+,15-9-. The summed E-state index contributed by atoms with van der Waals surface area (Å²) in [4.78, 5) is 17.8. The number of hydrazone groups is 1. The summed E-state index contributed by atoms with van der Waals surface area (Å²) in [6.45, 7) is 1.75. The minimum absolute atomic E-state index is 0.204. The molecule has 0 aliphatic carbocycles. The lowest BCUT2D eigenvalue weighted by molar-refractivity contribution is 1.04. The van der Waals surface area contributed by atoms with Crippen LogP contribution >= 0.6 is 0 Å². The average Bonchev–Trinajstić information content (AvgIpc) is 2.38. The first-order valence-corrected chi connectivity index (χ1v) is 5.83. The molecular formula is C14H14N4O. The minimum atomic E-state index is -0.204. The van der Waals surface area contributed by atoms with Crippen LogP contribution in [0.2, 0.25) is 0 Å². The fourth-order valence-electron chi connectivity index (χ4n) is 1.49. The highest BCUT2D eigenvalue weighted by molar-refractivity contribution is 5.78. The molecule has 0 radical (unpaired) electrons. The number of aryl methyl sites for hydroxylation is 1. The van der Waals surface area contributed by atoms with Crippen molar-refractivity contribution in [1.29, 1.82) is 0 Å². The van der Waals surface area contributed by atoms with Crippen LogP contribution in [0.1, 0.15) is 11.3 Å². The number of anilines is 1. The van der Waals surface area contributed by atoms with Crippen molar-refractivity contribution in [2.45, 2.75) is 6.92 Å². The molecule has 2 N–H and O–H groups in total. The van der Waals surface area contributed by atoms with Crippen molar-refractivity contribution in [3.63, 3.8) is 0 Å². The third-order valence-corrected chi connectivity index (χ3v) is 2.29. The molecule has 0 fully saturated rings. The van der Waals surface area contributed by atoms with E-state index in [1.807, 2.05) is 36.4 Å². The van der Waals surface area contributed by atoms with Gasteiger partial charge in [-0.1, -0.05) is 36.4 Å². The predicted octanol–water partition coefficient (Wildman–Crippen LogP) is 2.19. The lowest BCUT2D eigenvalue weighted by Crippen LogP contribution is -2.10. The largest absolute Gasteiger partial charge is 0.291 e. The first kappa shape index (κ1) is 12.8. The molecule has 0 unspecified atom stereocenters. The van der Waals surface area contributed by atoms with Crippen LogP contribution in [0.3, 0.4) is 0 Å². The van der Waals surface area contributed by atoms with Crippen molar-refractivity contribution < 1.29 is 0 Å². The molecule has 0 saturated carbocycles. The van der Waals surface area contributed by atoms with Crippen molar-refractivity contribution in [2.75, 3.05) is 5.43 Å². The Morgan fingerprint density at radius 3 is 2.84 bits per heavy atom. The number of aromatic nitrogens is 2. The third kappa shape index (κ3) is 4.23. The predicted molar refractivity (Wildman–Crippen MR) is 77.2 cm³/mol. The van der Waals surface area contributed by atoms with Gasteiger partial charge in [-0.2, -0.15) is 5.10 Å². The second kappa shape index (κ2) is 6.30. The highest BCUT2D eigenvalue weighted by Gasteiger charge is 1.94. The lowest BCUT2D eigenvalue weighted by Gasteiger charge is -1.98. The number of hydrogen-bond acceptors (Lipinski definition) is 4. The molecule has 19 heavy (non-hydrogen) atoms. The van der Waals surface area contributed by atoms with Crippen LogP contribution in [0.5, 0.6) is 0 Å². The molecule has 0 spiro atoms. The molecule has 0 atom stereocenters. The zero-order valence-corrected chi connectivity index (χ0v) is 10.5. The van der Waals surface area contributed by atoms with Crippen molar-refractivity contribution in [3.8, 4) is 0 Å². The number of nitrogens with one attached hydrogen (secondary N) is 2. The van der Waals surface area contributed by atoms with Crippen LogP contribution in [0.4, 0.5) is 5.95 Å². The number of aromatic amines is 1. The molecule has 0 amide bonds. The van der Waals surface area contributed by atoms with Gasteiger partial charge in [0.2, 0.25) is 5.95 Å². The molecule has 0 saturated heterocycles. The van der Waals surface area contributed by atoms with Crippen LogP contribution in [0.25, 0.3) is 6.08 Å². The van der Waals surface area contributed by atoms with Gasteiger partial charge in [0.1, 0.15) is 0 Å². The molecule has 96 valence electrons. The van der Waals surface area contributed by atoms with Crippen LogP contribution in [0, 0.1) is 6.92 Å². The van der Waals surface area contributed by atoms with Gasteiger partial charge < -0.3 is 0 Å². The van der Waals surface area contributed by atoms with Crippen molar-refractivity contribution in [1.82, 2.24) is 9.97 Å². The van der Waals surface area contributed by atoms with E-state index in [1.165, 1.54) is 6.07 Å². The van der Waals surface area contributed by atoms with E-state index in [0.29, 0.717) is 11.6 Å². The van der Waals surface area contributed by atoms with Crippen molar-refractivity contribution in [2.24, 2.45) is 5.10 Å². The van der Waals surface area contributed by atoms with E-state index in [-0.39, 0.29) is 5.56 Å². The van der Waals surface area contributed by atoms with E-state index in [9.17, 15) is 4.79 Å². The second-order valence-electron chi connectivity index (χ2n) is 3.90. The summed E-state index contributed by atoms with van der Waals surface area (Å²) in [6.07, 6.45) is 5.32. The van der Waals surface area contributed by atoms with Gasteiger partial charge in [0, 0.05) is 18.0 Å². The Kier molecular flexibility index (Phi) is 4.23. The normalized spacial score (nSPS) is 11.2. The molecule has 1 heterocycles. The van der Waals surface area contributed by atoms with Gasteiger partial charge in [0.15, 0.2) is 0 Å². The highest BCUT2D eigenvalue weighted by Crippen LogP contribution is 2.00. The molecule has 0 aliphatic heterocycles. The van der Waals surface area contributed by atoms with Gasteiger partial charge in [-0.15, -0.1) is 0 Å². The summed E-state index contributed by atoms with van der Waals surface area (Å²) in [5.74, 6) is 0.328. The first-order chi connectivity index (χ1) is 9.24. The number of nitrogens with zero attached hydrogens (tertiary/aromatic N) is 2. The lowest BCUT2D eigenvalue weighted by atomic mass is 10.2. The van der Waals surface area contributed by atoms with E-state index >= 15 is 0 Å². The summed E-state index contributed by atoms with van der Waals surface area (Å²) in [7, 11) is 0. The van der Waals surface area contributed by atoms with Gasteiger partial charge in [-0.05, 0) is 18.6 Å². The van der Waals surface area contributed by atoms with Crippen LogP contribution < -0.4 is 11.0 Å². The Morgan fingerprint density at radius 2 is 2.11 bits per heavy atom. The van der Waals surface area contributed by atoms with Crippen molar-refractivity contribution in [3.05, 3.63) is 64.1 Å². The quantitative estimate of drug-likeness (QED) is 0.649. The molecule has 2 aromatic rings. The molecule has 0 aliphatic rings. The van der Waals surface area contributed by atoms with Crippen LogP contribution in [-0.4, -0.2) is 16.2 Å². The summed E-state index contributed by atoms with van der Waals surface area (Å²) in [5.41, 5.74) is 4.19. The van der Waals surface area contributed by atoms with Gasteiger partial charge >= 0.3 is 0 Å². The van der Waals surface area contributed by atoms with Crippen molar-refractivity contribution >= 4 is 18.2 Å². The Labute approximate surface area is 110 Å². The Hall–Kier alpha value is -2.69. The number of allylic oxidation sites excluding steroid dienone is 1. The number of benzene rings is 1. The van der Waals surface area contributed by atoms with E-state index in [0.717, 1.165) is 5.56 Å². The third-order valence-electron chi connectivity index (χ3n) is 2.29. The average molecular weight is 254 g/mol. The smallest absolute Gasteiger partial charge is 0.252 e. The molecule has 2 rings (SSSR count). The molecule has 1 aromatic heterocycles. The fraction of sp³-hybridized carbons (Fsp3) is 0.0714. The number of H-pyrrole nitrogens is 1. The zero-order chi connectivity index (χ0) is 13.5. The summed E-state index contributed by atoms with van der Waals surface area (Å²) in [6, 6.07) is 11.3. The van der Waals surface area contributed by atoms with Crippen LogP contribution in [0.15, 0.2) is 52.4 Å². The highest BCUT2D eigenvalue weighted by atomic mass is 16.1. The number of hydrogen-bond donors (Lipinski definition) is 2. The van der Waals surface area contributed by atoms with E-state index in [2.05, 4.69) is 20.5 Å². The van der Waals surface area contributed by atoms with Crippen LogP contribution in [-0.2, 0) is 0 Å². The maximum atomic E-state index is 11.2. The maximum absolute atomic E-state index is 11.2. The first-order valence-electron chi connectivity index (χ1n) is 5.83. The van der Waals surface area contributed by atoms with E-state index in [4.69, 9.17) is 0 Å². The number of rotatable bonds is 4. The van der Waals surface area contributed by atoms with Gasteiger partial charge in [0.05, 0.1) is 0 Å². The van der Waals surface area contributed by atoms with Gasteiger partial charge in [-0.3, -0.25) is 9.78 Å². The van der Waals surface area contributed by atoms with Gasteiger partial charge in [0.25, 0.3) is 5.56 Å². The SMILES string of the molecule is Cc1cc(=O)[nH]c(N/N=C\C=C\c2ccccc2)n1. The molecule has 5 heteroatoms. The molecular weight excluding hydrogens is 240 g/mol. The summed E-state index contributed by atoms with van der Waals surface area (Å²) < 4.78 is 0. The minimum Gasteiger partial charge on any atom is -0.291 e. The van der Waals surface area contributed by atoms with Gasteiger partial charge in [-0.25, -0.2) is 10.4 Å². The Morgan fingerprint density at radius 1 is 1.32 bits per heavy atom. The Balaban J connectivity index is 1.93. The Bertz CT molecular complexity index is 644. The zero-order valence-electron chi connectivity index (χ0n) is 10.5. The van der Waals surface area contributed by atoms with E-state index < -0.39 is 0 Å².